The van der Waals surface area contributed by atoms with Gasteiger partial charge >= 0.3 is 0 Å². The first-order chi connectivity index (χ1) is 7.48. The summed E-state index contributed by atoms with van der Waals surface area (Å²) in [6.45, 7) is 9.29. The molecule has 0 aliphatic rings. The summed E-state index contributed by atoms with van der Waals surface area (Å²) in [5.74, 6) is 0.549. The predicted octanol–water partition coefficient (Wildman–Crippen LogP) is 1.02. The fourth-order valence-electron chi connectivity index (χ4n) is 1.11. The predicted molar refractivity (Wildman–Crippen MR) is 73.2 cm³/mol. The number of hydrogen-bond donors (Lipinski definition) is 2. The zero-order chi connectivity index (χ0) is 13.9. The van der Waals surface area contributed by atoms with Gasteiger partial charge in [0.25, 0.3) is 0 Å². The van der Waals surface area contributed by atoms with E-state index in [0.29, 0.717) is 5.75 Å². The molecule has 0 rings (SSSR count). The van der Waals surface area contributed by atoms with E-state index < -0.39 is 21.8 Å². The maximum atomic E-state index is 12.1. The summed E-state index contributed by atoms with van der Waals surface area (Å²) < 4.78 is 11.0. The third kappa shape index (κ3) is 5.17. The van der Waals surface area contributed by atoms with Gasteiger partial charge in [-0.3, -0.25) is 9.00 Å². The molecular formula is C12H26N2O2S. The number of carbonyl (C=O) groups excluding carboxylic acids is 1. The van der Waals surface area contributed by atoms with Crippen molar-refractivity contribution < 1.29 is 9.00 Å². The Morgan fingerprint density at radius 3 is 2.18 bits per heavy atom. The SMILES string of the molecule is CC(CCS(C)=O)NC(=O)C(C)(C)C(C)(C)N. The molecule has 4 nitrogen and oxygen atoms in total. The normalized spacial score (nSPS) is 16.4. The molecule has 0 aliphatic carbocycles. The van der Waals surface area contributed by atoms with Crippen LogP contribution in [0.1, 0.15) is 41.0 Å². The van der Waals surface area contributed by atoms with Crippen LogP contribution in [0.2, 0.25) is 0 Å². The molecule has 0 aromatic heterocycles. The third-order valence-electron chi connectivity index (χ3n) is 3.39. The second kappa shape index (κ2) is 5.96. The van der Waals surface area contributed by atoms with Crippen LogP contribution in [-0.4, -0.2) is 33.7 Å². The molecule has 0 fully saturated rings. The lowest BCUT2D eigenvalue weighted by Gasteiger charge is -2.37. The number of rotatable bonds is 6. The average molecular weight is 262 g/mol. The number of amides is 1. The van der Waals surface area contributed by atoms with Crippen LogP contribution in [0.4, 0.5) is 0 Å². The van der Waals surface area contributed by atoms with E-state index >= 15 is 0 Å². The minimum absolute atomic E-state index is 0.0213. The first kappa shape index (κ1) is 16.6. The van der Waals surface area contributed by atoms with E-state index in [0.717, 1.165) is 6.42 Å². The van der Waals surface area contributed by atoms with Gasteiger partial charge in [0.05, 0.1) is 5.41 Å². The van der Waals surface area contributed by atoms with Gasteiger partial charge in [0.15, 0.2) is 0 Å². The van der Waals surface area contributed by atoms with Crippen molar-refractivity contribution in [1.82, 2.24) is 5.32 Å². The molecule has 102 valence electrons. The van der Waals surface area contributed by atoms with Crippen LogP contribution in [-0.2, 0) is 15.6 Å². The standard InChI is InChI=1S/C12H26N2O2S/c1-9(7-8-17(6)16)14-10(15)11(2,3)12(4,5)13/h9H,7-8,13H2,1-6H3,(H,14,15). The monoisotopic (exact) mass is 262 g/mol. The smallest absolute Gasteiger partial charge is 0.227 e. The van der Waals surface area contributed by atoms with Gasteiger partial charge < -0.3 is 11.1 Å². The van der Waals surface area contributed by atoms with Crippen LogP contribution in [0.3, 0.4) is 0 Å². The highest BCUT2D eigenvalue weighted by Crippen LogP contribution is 2.28. The van der Waals surface area contributed by atoms with Crippen molar-refractivity contribution in [2.45, 2.75) is 52.6 Å². The van der Waals surface area contributed by atoms with E-state index in [1.54, 1.807) is 6.26 Å². The summed E-state index contributed by atoms with van der Waals surface area (Å²) in [6.07, 6.45) is 2.39. The molecule has 0 radical (unpaired) electrons. The van der Waals surface area contributed by atoms with Gasteiger partial charge in [0.2, 0.25) is 5.91 Å². The van der Waals surface area contributed by atoms with E-state index in [1.165, 1.54) is 0 Å². The Balaban J connectivity index is 4.40. The van der Waals surface area contributed by atoms with Gasteiger partial charge in [0.1, 0.15) is 0 Å². The Morgan fingerprint density at radius 1 is 1.35 bits per heavy atom. The van der Waals surface area contributed by atoms with E-state index in [-0.39, 0.29) is 11.9 Å². The summed E-state index contributed by atoms with van der Waals surface area (Å²) >= 11 is 0. The van der Waals surface area contributed by atoms with E-state index in [1.807, 2.05) is 34.6 Å². The van der Waals surface area contributed by atoms with E-state index in [2.05, 4.69) is 5.32 Å². The summed E-state index contributed by atoms with van der Waals surface area (Å²) in [7, 11) is -0.815. The third-order valence-corrected chi connectivity index (χ3v) is 4.20. The van der Waals surface area contributed by atoms with Crippen LogP contribution in [0.25, 0.3) is 0 Å². The summed E-state index contributed by atoms with van der Waals surface area (Å²) in [4.78, 5) is 12.1. The summed E-state index contributed by atoms with van der Waals surface area (Å²) in [5, 5.41) is 2.93. The molecule has 5 heteroatoms. The molecule has 2 atom stereocenters. The second-order valence-corrected chi connectivity index (χ2v) is 7.34. The fourth-order valence-corrected chi connectivity index (χ4v) is 1.80. The Morgan fingerprint density at radius 2 is 1.82 bits per heavy atom. The van der Waals surface area contributed by atoms with Crippen LogP contribution in [0, 0.1) is 5.41 Å². The molecule has 2 unspecified atom stereocenters. The first-order valence-electron chi connectivity index (χ1n) is 5.88. The topological polar surface area (TPSA) is 72.2 Å². The zero-order valence-corrected chi connectivity index (χ0v) is 12.6. The van der Waals surface area contributed by atoms with Gasteiger partial charge in [-0.15, -0.1) is 0 Å². The highest BCUT2D eigenvalue weighted by atomic mass is 32.2. The van der Waals surface area contributed by atoms with E-state index in [4.69, 9.17) is 5.73 Å². The first-order valence-corrected chi connectivity index (χ1v) is 7.61. The minimum atomic E-state index is -0.815. The lowest BCUT2D eigenvalue weighted by atomic mass is 9.74. The Labute approximate surface area is 107 Å². The second-order valence-electron chi connectivity index (χ2n) is 5.79. The molecule has 0 saturated heterocycles. The van der Waals surface area contributed by atoms with Crippen molar-refractivity contribution in [3.05, 3.63) is 0 Å². The highest BCUT2D eigenvalue weighted by Gasteiger charge is 2.40. The molecule has 0 aromatic carbocycles. The Kier molecular flexibility index (Phi) is 5.81. The van der Waals surface area contributed by atoms with Gasteiger partial charge in [-0.05, 0) is 41.0 Å². The van der Waals surface area contributed by atoms with Gasteiger partial charge in [0, 0.05) is 34.4 Å². The average Bonchev–Trinajstić information content (AvgIpc) is 2.12. The maximum Gasteiger partial charge on any atom is 0.227 e. The van der Waals surface area contributed by atoms with Crippen molar-refractivity contribution in [2.75, 3.05) is 12.0 Å². The number of nitrogens with one attached hydrogen (secondary N) is 1. The summed E-state index contributed by atoms with van der Waals surface area (Å²) in [5.41, 5.74) is 4.79. The van der Waals surface area contributed by atoms with Crippen LogP contribution >= 0.6 is 0 Å². The molecule has 0 spiro atoms. The van der Waals surface area contributed by atoms with Crippen molar-refractivity contribution in [1.29, 1.82) is 0 Å². The summed E-state index contributed by atoms with van der Waals surface area (Å²) in [6, 6.07) is 0.0213. The van der Waals surface area contributed by atoms with Gasteiger partial charge in [-0.1, -0.05) is 0 Å². The van der Waals surface area contributed by atoms with Gasteiger partial charge in [-0.2, -0.15) is 0 Å². The molecule has 17 heavy (non-hydrogen) atoms. The molecule has 0 bridgehead atoms. The lowest BCUT2D eigenvalue weighted by Crippen LogP contribution is -2.56. The van der Waals surface area contributed by atoms with Crippen LogP contribution < -0.4 is 11.1 Å². The molecule has 0 heterocycles. The van der Waals surface area contributed by atoms with Crippen molar-refractivity contribution in [2.24, 2.45) is 11.1 Å². The molecule has 0 saturated carbocycles. The maximum absolute atomic E-state index is 12.1. The molecule has 3 N–H and O–H groups in total. The number of hydrogen-bond acceptors (Lipinski definition) is 3. The number of nitrogens with two attached hydrogens (primary N) is 1. The van der Waals surface area contributed by atoms with Crippen molar-refractivity contribution >= 4 is 16.7 Å². The Bertz CT molecular complexity index is 295. The number of carbonyl (C=O) groups is 1. The molecule has 0 aromatic rings. The largest absolute Gasteiger partial charge is 0.353 e. The molecule has 0 aliphatic heterocycles. The molecule has 1 amide bonds. The Hall–Kier alpha value is -0.420. The quantitative estimate of drug-likeness (QED) is 0.751. The fraction of sp³-hybridized carbons (Fsp3) is 0.917. The zero-order valence-electron chi connectivity index (χ0n) is 11.8. The van der Waals surface area contributed by atoms with Crippen LogP contribution in [0.15, 0.2) is 0 Å². The lowest BCUT2D eigenvalue weighted by molar-refractivity contribution is -0.132. The van der Waals surface area contributed by atoms with Gasteiger partial charge in [-0.25, -0.2) is 0 Å². The highest BCUT2D eigenvalue weighted by molar-refractivity contribution is 7.84. The minimum Gasteiger partial charge on any atom is -0.353 e. The van der Waals surface area contributed by atoms with E-state index in [9.17, 15) is 9.00 Å². The van der Waals surface area contributed by atoms with Crippen molar-refractivity contribution in [3.8, 4) is 0 Å². The van der Waals surface area contributed by atoms with Crippen molar-refractivity contribution in [3.63, 3.8) is 0 Å². The molecular weight excluding hydrogens is 236 g/mol. The van der Waals surface area contributed by atoms with Crippen LogP contribution in [0.5, 0.6) is 0 Å².